The van der Waals surface area contributed by atoms with Crippen LogP contribution in [0.1, 0.15) is 27.9 Å². The number of hydrogen-bond donors (Lipinski definition) is 0. The van der Waals surface area contributed by atoms with Gasteiger partial charge in [-0.05, 0) is 49.6 Å². The smallest absolute Gasteiger partial charge is 0.184 e. The number of carbonyl (C=O) groups excluding carboxylic acids is 1. The van der Waals surface area contributed by atoms with Crippen LogP contribution in [-0.4, -0.2) is 29.8 Å². The Kier molecular flexibility index (Phi) is 5.82. The van der Waals surface area contributed by atoms with E-state index in [-0.39, 0.29) is 12.3 Å². The molecule has 25 heavy (non-hydrogen) atoms. The number of rotatable bonds is 4. The number of hydrogen-bond acceptors (Lipinski definition) is 4. The molecule has 1 aliphatic rings. The van der Waals surface area contributed by atoms with Gasteiger partial charge in [-0.2, -0.15) is 0 Å². The summed E-state index contributed by atoms with van der Waals surface area (Å²) in [6.45, 7) is 5.22. The van der Waals surface area contributed by atoms with Gasteiger partial charge in [0.1, 0.15) is 0 Å². The van der Waals surface area contributed by atoms with Crippen LogP contribution in [0, 0.1) is 13.8 Å². The summed E-state index contributed by atoms with van der Waals surface area (Å²) < 4.78 is 0. The van der Waals surface area contributed by atoms with E-state index < -0.39 is 0 Å². The highest BCUT2D eigenvalue weighted by molar-refractivity contribution is 8.14. The minimum atomic E-state index is 0.000351. The van der Waals surface area contributed by atoms with Gasteiger partial charge in [0, 0.05) is 23.5 Å². The van der Waals surface area contributed by atoms with Crippen LogP contribution in [0.3, 0.4) is 0 Å². The van der Waals surface area contributed by atoms with Gasteiger partial charge < -0.3 is 4.90 Å². The fourth-order valence-corrected chi connectivity index (χ4v) is 4.01. The zero-order valence-electron chi connectivity index (χ0n) is 14.5. The summed E-state index contributed by atoms with van der Waals surface area (Å²) in [5, 5.41) is 1.41. The molecular weight excluding hydrogens is 352 g/mol. The van der Waals surface area contributed by atoms with Gasteiger partial charge in [-0.25, -0.2) is 0 Å². The van der Waals surface area contributed by atoms with Crippen molar-refractivity contribution in [3.63, 3.8) is 0 Å². The second-order valence-corrected chi connectivity index (χ2v) is 7.54. The average molecular weight is 373 g/mol. The standard InChI is InChI=1S/C20H21ClN2OS/c1-14-7-5-10-18(15(14)2)23(20-22-11-6-12-25-20)13-19(24)16-8-3-4-9-17(16)21/h3-5,7-10H,6,11-13H2,1-2H3. The number of anilines is 1. The summed E-state index contributed by atoms with van der Waals surface area (Å²) >= 11 is 7.93. The van der Waals surface area contributed by atoms with E-state index in [1.807, 2.05) is 23.1 Å². The lowest BCUT2D eigenvalue weighted by Crippen LogP contribution is -2.36. The zero-order chi connectivity index (χ0) is 17.8. The molecule has 0 radical (unpaired) electrons. The Morgan fingerprint density at radius 1 is 1.20 bits per heavy atom. The summed E-state index contributed by atoms with van der Waals surface area (Å²) in [4.78, 5) is 19.6. The first-order chi connectivity index (χ1) is 12.1. The third-order valence-electron chi connectivity index (χ3n) is 4.35. The van der Waals surface area contributed by atoms with Gasteiger partial charge in [-0.3, -0.25) is 9.79 Å². The Labute approximate surface area is 158 Å². The molecule has 130 valence electrons. The molecule has 3 rings (SSSR count). The molecule has 1 aliphatic heterocycles. The maximum absolute atomic E-state index is 12.9. The summed E-state index contributed by atoms with van der Waals surface area (Å²) in [6.07, 6.45) is 1.08. The lowest BCUT2D eigenvalue weighted by molar-refractivity contribution is 0.100. The van der Waals surface area contributed by atoms with E-state index in [1.165, 1.54) is 11.1 Å². The molecular formula is C20H21ClN2OS. The van der Waals surface area contributed by atoms with Crippen molar-refractivity contribution in [3.05, 3.63) is 64.2 Å². The molecule has 0 amide bonds. The van der Waals surface area contributed by atoms with Crippen molar-refractivity contribution >= 4 is 40.0 Å². The van der Waals surface area contributed by atoms with Crippen molar-refractivity contribution < 1.29 is 4.79 Å². The number of halogens is 1. The molecule has 0 atom stereocenters. The number of nitrogens with zero attached hydrogens (tertiary/aromatic N) is 2. The van der Waals surface area contributed by atoms with Crippen molar-refractivity contribution in [3.8, 4) is 0 Å². The summed E-state index contributed by atoms with van der Waals surface area (Å²) in [7, 11) is 0. The predicted octanol–water partition coefficient (Wildman–Crippen LogP) is 5.14. The van der Waals surface area contributed by atoms with Crippen LogP contribution >= 0.6 is 23.4 Å². The van der Waals surface area contributed by atoms with Crippen molar-refractivity contribution in [2.24, 2.45) is 4.99 Å². The number of aryl methyl sites for hydroxylation is 1. The second kappa shape index (κ2) is 8.07. The van der Waals surface area contributed by atoms with Crippen LogP contribution in [-0.2, 0) is 0 Å². The summed E-state index contributed by atoms with van der Waals surface area (Å²) in [6, 6.07) is 13.4. The van der Waals surface area contributed by atoms with Crippen molar-refractivity contribution in [2.75, 3.05) is 23.7 Å². The molecule has 1 heterocycles. The molecule has 0 aliphatic carbocycles. The summed E-state index contributed by atoms with van der Waals surface area (Å²) in [5.74, 6) is 1.03. The highest BCUT2D eigenvalue weighted by Crippen LogP contribution is 2.28. The molecule has 0 N–H and O–H groups in total. The van der Waals surface area contributed by atoms with Crippen LogP contribution in [0.2, 0.25) is 5.02 Å². The van der Waals surface area contributed by atoms with E-state index in [0.717, 1.165) is 29.6 Å². The molecule has 0 fully saturated rings. The number of Topliss-reactive ketones (excluding diaryl/α,β-unsaturated/α-hetero) is 1. The third-order valence-corrected chi connectivity index (χ3v) is 5.78. The highest BCUT2D eigenvalue weighted by atomic mass is 35.5. The topological polar surface area (TPSA) is 32.7 Å². The SMILES string of the molecule is Cc1cccc(N(CC(=O)c2ccccc2Cl)C2=NCCCS2)c1C. The molecule has 2 aromatic carbocycles. The second-order valence-electron chi connectivity index (χ2n) is 6.07. The lowest BCUT2D eigenvalue weighted by atomic mass is 10.1. The summed E-state index contributed by atoms with van der Waals surface area (Å²) in [5.41, 5.74) is 3.96. The molecule has 0 saturated carbocycles. The first-order valence-corrected chi connectivity index (χ1v) is 9.73. The number of amidine groups is 1. The van der Waals surface area contributed by atoms with Crippen LogP contribution in [0.5, 0.6) is 0 Å². The quantitative estimate of drug-likeness (QED) is 0.696. The molecule has 0 unspecified atom stereocenters. The minimum Gasteiger partial charge on any atom is -0.313 e. The number of ketones is 1. The van der Waals surface area contributed by atoms with Gasteiger partial charge >= 0.3 is 0 Å². The Bertz CT molecular complexity index is 819. The van der Waals surface area contributed by atoms with Gasteiger partial charge in [-0.1, -0.05) is 47.6 Å². The maximum atomic E-state index is 12.9. The zero-order valence-corrected chi connectivity index (χ0v) is 16.0. The first-order valence-electron chi connectivity index (χ1n) is 8.36. The monoisotopic (exact) mass is 372 g/mol. The van der Waals surface area contributed by atoms with Gasteiger partial charge in [0.15, 0.2) is 11.0 Å². The van der Waals surface area contributed by atoms with E-state index in [4.69, 9.17) is 11.6 Å². The van der Waals surface area contributed by atoms with E-state index in [0.29, 0.717) is 10.6 Å². The van der Waals surface area contributed by atoms with E-state index >= 15 is 0 Å². The van der Waals surface area contributed by atoms with Crippen LogP contribution in [0.25, 0.3) is 0 Å². The lowest BCUT2D eigenvalue weighted by Gasteiger charge is -2.29. The van der Waals surface area contributed by atoms with Gasteiger partial charge in [0.25, 0.3) is 0 Å². The van der Waals surface area contributed by atoms with Crippen LogP contribution in [0.15, 0.2) is 47.5 Å². The Morgan fingerprint density at radius 2 is 2.00 bits per heavy atom. The molecule has 0 spiro atoms. The fourth-order valence-electron chi connectivity index (χ4n) is 2.81. The molecule has 0 saturated heterocycles. The highest BCUT2D eigenvalue weighted by Gasteiger charge is 2.23. The maximum Gasteiger partial charge on any atom is 0.184 e. The largest absolute Gasteiger partial charge is 0.313 e. The van der Waals surface area contributed by atoms with E-state index in [9.17, 15) is 4.79 Å². The van der Waals surface area contributed by atoms with Gasteiger partial charge in [0.2, 0.25) is 0 Å². The van der Waals surface area contributed by atoms with Crippen LogP contribution in [0.4, 0.5) is 5.69 Å². The van der Waals surface area contributed by atoms with Crippen molar-refractivity contribution in [2.45, 2.75) is 20.3 Å². The number of benzene rings is 2. The molecule has 2 aromatic rings. The Balaban J connectivity index is 1.97. The average Bonchev–Trinajstić information content (AvgIpc) is 2.63. The number of carbonyl (C=O) groups is 1. The normalized spacial score (nSPS) is 14.1. The molecule has 5 heteroatoms. The van der Waals surface area contributed by atoms with Crippen molar-refractivity contribution in [1.29, 1.82) is 0 Å². The minimum absolute atomic E-state index is 0.000351. The number of aliphatic imine (C=N–C) groups is 1. The molecule has 0 bridgehead atoms. The Morgan fingerprint density at radius 3 is 2.72 bits per heavy atom. The van der Waals surface area contributed by atoms with Crippen LogP contribution < -0.4 is 4.90 Å². The van der Waals surface area contributed by atoms with E-state index in [1.54, 1.807) is 23.9 Å². The molecule has 3 nitrogen and oxygen atoms in total. The third kappa shape index (κ3) is 4.07. The predicted molar refractivity (Wildman–Crippen MR) is 108 cm³/mol. The van der Waals surface area contributed by atoms with Gasteiger partial charge in [0.05, 0.1) is 11.6 Å². The van der Waals surface area contributed by atoms with Gasteiger partial charge in [-0.15, -0.1) is 0 Å². The fraction of sp³-hybridized carbons (Fsp3) is 0.300. The molecule has 0 aromatic heterocycles. The van der Waals surface area contributed by atoms with Crippen molar-refractivity contribution in [1.82, 2.24) is 0 Å². The number of thioether (sulfide) groups is 1. The van der Waals surface area contributed by atoms with E-state index in [2.05, 4.69) is 31.0 Å². The Hall–Kier alpha value is -1.78. The first kappa shape index (κ1) is 18.0.